The number of aromatic nitrogens is 2. The van der Waals surface area contributed by atoms with Crippen molar-refractivity contribution < 1.29 is 13.7 Å². The van der Waals surface area contributed by atoms with Crippen LogP contribution < -0.4 is 0 Å². The molecule has 2 aromatic heterocycles. The molecule has 4 nitrogen and oxygen atoms in total. The van der Waals surface area contributed by atoms with Gasteiger partial charge >= 0.3 is 7.12 Å². The quantitative estimate of drug-likeness (QED) is 0.789. The lowest BCUT2D eigenvalue weighted by atomic mass is 9.87. The van der Waals surface area contributed by atoms with Crippen LogP contribution in [0.5, 0.6) is 0 Å². The normalized spacial score (nSPS) is 20.5. The van der Waals surface area contributed by atoms with Crippen molar-refractivity contribution in [1.82, 2.24) is 9.38 Å². The molecule has 0 N–H and O–H groups in total. The van der Waals surface area contributed by atoms with Crippen LogP contribution in [-0.2, 0) is 9.31 Å². The molecule has 3 rings (SSSR count). The zero-order valence-corrected chi connectivity index (χ0v) is 14.5. The van der Waals surface area contributed by atoms with Crippen molar-refractivity contribution in [2.24, 2.45) is 0 Å². The van der Waals surface area contributed by atoms with E-state index in [1.807, 2.05) is 64.3 Å². The number of rotatable bonds is 2. The van der Waals surface area contributed by atoms with E-state index in [0.29, 0.717) is 5.69 Å². The molecule has 0 aromatic carbocycles. The third-order valence-corrected chi connectivity index (χ3v) is 4.82. The highest BCUT2D eigenvalue weighted by Crippen LogP contribution is 2.39. The lowest BCUT2D eigenvalue weighted by Gasteiger charge is -2.32. The molecule has 0 atom stereocenters. The smallest absolute Gasteiger partial charge is 0.398 e. The molecule has 6 heteroatoms. The van der Waals surface area contributed by atoms with Gasteiger partial charge in [0, 0.05) is 6.20 Å². The predicted octanol–water partition coefficient (Wildman–Crippen LogP) is 3.89. The molecular formula is C17H22BFN2O2. The SMILES string of the molecule is Cc1nc2c(C)cccn2c1C=C(F)B1OC(C)(C)C(C)(C)O1. The van der Waals surface area contributed by atoms with Crippen molar-refractivity contribution >= 4 is 18.8 Å². The molecule has 122 valence electrons. The molecule has 1 aliphatic rings. The van der Waals surface area contributed by atoms with Gasteiger partial charge in [0.2, 0.25) is 0 Å². The van der Waals surface area contributed by atoms with Crippen LogP contribution in [-0.4, -0.2) is 27.7 Å². The maximum absolute atomic E-state index is 14.7. The lowest BCUT2D eigenvalue weighted by Crippen LogP contribution is -2.41. The first kappa shape index (κ1) is 16.2. The standard InChI is InChI=1S/C17H22BFN2O2/c1-11-8-7-9-21-13(12(2)20-15(11)21)10-14(19)18-22-16(3,4)17(5,6)23-18/h7-10H,1-6H3. The summed E-state index contributed by atoms with van der Waals surface area (Å²) in [4.78, 5) is 4.52. The molecule has 0 aliphatic carbocycles. The van der Waals surface area contributed by atoms with Crippen molar-refractivity contribution in [2.75, 3.05) is 0 Å². The topological polar surface area (TPSA) is 35.8 Å². The Balaban J connectivity index is 2.00. The summed E-state index contributed by atoms with van der Waals surface area (Å²) >= 11 is 0. The first-order valence-electron chi connectivity index (χ1n) is 7.79. The molecule has 0 unspecified atom stereocenters. The number of nitrogens with zero attached hydrogens (tertiary/aromatic N) is 2. The van der Waals surface area contributed by atoms with E-state index in [9.17, 15) is 4.39 Å². The number of hydrogen-bond donors (Lipinski definition) is 0. The second kappa shape index (κ2) is 5.18. The average Bonchev–Trinajstić information content (AvgIpc) is 2.86. The Morgan fingerprint density at radius 1 is 1.22 bits per heavy atom. The Morgan fingerprint density at radius 2 is 1.83 bits per heavy atom. The molecule has 0 spiro atoms. The van der Waals surface area contributed by atoms with Crippen molar-refractivity contribution in [3.05, 3.63) is 41.0 Å². The van der Waals surface area contributed by atoms with Crippen LogP contribution in [0, 0.1) is 13.8 Å². The minimum atomic E-state index is -0.991. The van der Waals surface area contributed by atoms with E-state index in [-0.39, 0.29) is 0 Å². The molecule has 1 aliphatic heterocycles. The Bertz CT molecular complexity index is 779. The van der Waals surface area contributed by atoms with Gasteiger partial charge in [-0.05, 0) is 59.2 Å². The van der Waals surface area contributed by atoms with E-state index in [0.717, 1.165) is 16.9 Å². The van der Waals surface area contributed by atoms with E-state index in [1.165, 1.54) is 6.08 Å². The zero-order chi connectivity index (χ0) is 17.0. The summed E-state index contributed by atoms with van der Waals surface area (Å²) in [5.41, 5.74) is 1.78. The first-order chi connectivity index (χ1) is 10.6. The van der Waals surface area contributed by atoms with Crippen LogP contribution in [0.15, 0.2) is 24.1 Å². The van der Waals surface area contributed by atoms with Gasteiger partial charge < -0.3 is 9.31 Å². The van der Waals surface area contributed by atoms with E-state index >= 15 is 0 Å². The van der Waals surface area contributed by atoms with E-state index < -0.39 is 24.0 Å². The molecule has 0 radical (unpaired) electrons. The molecule has 0 bridgehead atoms. The Hall–Kier alpha value is -1.66. The summed E-state index contributed by atoms with van der Waals surface area (Å²) in [6.45, 7) is 11.5. The van der Waals surface area contributed by atoms with Crippen LogP contribution in [0.25, 0.3) is 11.7 Å². The second-order valence-corrected chi connectivity index (χ2v) is 7.08. The van der Waals surface area contributed by atoms with Crippen molar-refractivity contribution in [3.8, 4) is 0 Å². The summed E-state index contributed by atoms with van der Waals surface area (Å²) in [6.07, 6.45) is 3.34. The van der Waals surface area contributed by atoms with Crippen molar-refractivity contribution in [3.63, 3.8) is 0 Å². The van der Waals surface area contributed by atoms with Crippen molar-refractivity contribution in [1.29, 1.82) is 0 Å². The monoisotopic (exact) mass is 316 g/mol. The van der Waals surface area contributed by atoms with Gasteiger partial charge in [0.05, 0.1) is 22.6 Å². The summed E-state index contributed by atoms with van der Waals surface area (Å²) in [7, 11) is -0.991. The molecular weight excluding hydrogens is 294 g/mol. The fraction of sp³-hybridized carbons (Fsp3) is 0.471. The van der Waals surface area contributed by atoms with E-state index in [2.05, 4.69) is 4.98 Å². The van der Waals surface area contributed by atoms with Gasteiger partial charge in [-0.25, -0.2) is 9.37 Å². The van der Waals surface area contributed by atoms with Gasteiger partial charge in [0.25, 0.3) is 0 Å². The largest absolute Gasteiger partial charge is 0.525 e. The maximum Gasteiger partial charge on any atom is 0.525 e. The fourth-order valence-electron chi connectivity index (χ4n) is 2.66. The molecule has 3 heterocycles. The zero-order valence-electron chi connectivity index (χ0n) is 14.5. The molecule has 0 amide bonds. The second-order valence-electron chi connectivity index (χ2n) is 7.08. The average molecular weight is 316 g/mol. The maximum atomic E-state index is 14.7. The Morgan fingerprint density at radius 3 is 2.43 bits per heavy atom. The minimum absolute atomic E-state index is 0.449. The highest BCUT2D eigenvalue weighted by Gasteiger charge is 2.53. The van der Waals surface area contributed by atoms with Gasteiger partial charge in [-0.1, -0.05) is 6.07 Å². The lowest BCUT2D eigenvalue weighted by molar-refractivity contribution is 0.00578. The molecule has 2 aromatic rings. The Labute approximate surface area is 136 Å². The molecule has 23 heavy (non-hydrogen) atoms. The number of hydrogen-bond acceptors (Lipinski definition) is 3. The van der Waals surface area contributed by atoms with Crippen molar-refractivity contribution in [2.45, 2.75) is 52.7 Å². The van der Waals surface area contributed by atoms with Gasteiger partial charge in [-0.2, -0.15) is 0 Å². The van der Waals surface area contributed by atoms with Crippen LogP contribution >= 0.6 is 0 Å². The molecule has 0 saturated carbocycles. The minimum Gasteiger partial charge on any atom is -0.398 e. The summed E-state index contributed by atoms with van der Waals surface area (Å²) in [5.74, 6) is 0. The van der Waals surface area contributed by atoms with Crippen LogP contribution in [0.1, 0.15) is 44.6 Å². The highest BCUT2D eigenvalue weighted by molar-refractivity contribution is 6.54. The summed E-state index contributed by atoms with van der Waals surface area (Å²) in [6, 6.07) is 3.91. The van der Waals surface area contributed by atoms with Crippen LogP contribution in [0.3, 0.4) is 0 Å². The third-order valence-electron chi connectivity index (χ3n) is 4.82. The Kier molecular flexibility index (Phi) is 3.65. The van der Waals surface area contributed by atoms with Crippen LogP contribution in [0.2, 0.25) is 0 Å². The van der Waals surface area contributed by atoms with Gasteiger partial charge in [0.15, 0.2) is 0 Å². The number of fused-ring (bicyclic) bond motifs is 1. The summed E-state index contributed by atoms with van der Waals surface area (Å²) in [5, 5.41) is 0. The van der Waals surface area contributed by atoms with Crippen LogP contribution in [0.4, 0.5) is 4.39 Å². The van der Waals surface area contributed by atoms with Gasteiger partial charge in [0.1, 0.15) is 11.4 Å². The molecule has 1 saturated heterocycles. The number of halogens is 1. The van der Waals surface area contributed by atoms with E-state index in [4.69, 9.17) is 9.31 Å². The predicted molar refractivity (Wildman–Crippen MR) is 89.8 cm³/mol. The highest BCUT2D eigenvalue weighted by atomic mass is 19.1. The molecule has 1 fully saturated rings. The van der Waals surface area contributed by atoms with Gasteiger partial charge in [-0.3, -0.25) is 4.40 Å². The summed E-state index contributed by atoms with van der Waals surface area (Å²) < 4.78 is 28.1. The van der Waals surface area contributed by atoms with E-state index in [1.54, 1.807) is 0 Å². The first-order valence-corrected chi connectivity index (χ1v) is 7.79. The fourth-order valence-corrected chi connectivity index (χ4v) is 2.66. The number of imidazole rings is 1. The third kappa shape index (κ3) is 2.60. The van der Waals surface area contributed by atoms with Gasteiger partial charge in [-0.15, -0.1) is 0 Å². The number of aryl methyl sites for hydroxylation is 2. The number of pyridine rings is 1.